The highest BCUT2D eigenvalue weighted by Crippen LogP contribution is 2.56. The zero-order valence-electron chi connectivity index (χ0n) is 29.1. The Balaban J connectivity index is 1.56. The van der Waals surface area contributed by atoms with Gasteiger partial charge in [0.2, 0.25) is 23.6 Å². The largest absolute Gasteiger partial charge is 0.507 e. The van der Waals surface area contributed by atoms with Crippen LogP contribution in [0.3, 0.4) is 0 Å². The van der Waals surface area contributed by atoms with E-state index in [9.17, 15) is 44.4 Å². The Hall–Kier alpha value is -5.04. The zero-order valence-corrected chi connectivity index (χ0v) is 29.1. The number of aliphatic hydroxyl groups is 2. The fourth-order valence-corrected chi connectivity index (χ4v) is 7.86. The van der Waals surface area contributed by atoms with Crippen LogP contribution in [0.25, 0.3) is 0 Å². The molecule has 4 aliphatic rings. The summed E-state index contributed by atoms with van der Waals surface area (Å²) < 4.78 is 27.2. The molecule has 3 aliphatic carbocycles. The molecule has 0 saturated carbocycles. The first-order valence-electron chi connectivity index (χ1n) is 15.9. The van der Waals surface area contributed by atoms with Gasteiger partial charge in [-0.3, -0.25) is 29.5 Å². The number of hydrogen-bond acceptors (Lipinski definition) is 17. The number of nitrogens with one attached hydrogen (secondary N) is 1. The highest BCUT2D eigenvalue weighted by Gasteiger charge is 2.72. The second-order valence-corrected chi connectivity index (χ2v) is 12.7. The Morgan fingerprint density at radius 3 is 2.29 bits per heavy atom. The second-order valence-electron chi connectivity index (χ2n) is 12.7. The summed E-state index contributed by atoms with van der Waals surface area (Å²) >= 11 is 0. The van der Waals surface area contributed by atoms with E-state index < -0.39 is 123 Å². The number of nitrogens with zero attached hydrogens (tertiary/aromatic N) is 1. The van der Waals surface area contributed by atoms with Gasteiger partial charge in [0.1, 0.15) is 28.9 Å². The van der Waals surface area contributed by atoms with Crippen LogP contribution >= 0.6 is 0 Å². The predicted octanol–water partition coefficient (Wildman–Crippen LogP) is 0.741. The molecule has 0 radical (unpaired) electrons. The van der Waals surface area contributed by atoms with E-state index in [1.54, 1.807) is 6.92 Å². The summed E-state index contributed by atoms with van der Waals surface area (Å²) in [6.45, 7) is 3.12. The standard InChI is InChI=1S/C35H36N2O15/c1-12-8-14-9-19(39)35(50-6)31(44)22-16(30(43)34(35,46)23(14)27(42)20(12)33(45)49-5)10-15-21(26(22)41)18(38)11-17(25(15)40)36-32-29(48-4)24(37-51-7)28(47-3)13(2)52-32/h8,10,13,19,28,32,37,39,41-42,46H,9,11H2,1-7H3/t13-,19+,28-,32-,34-,35+/m0/s1. The maximum absolute atomic E-state index is 14.6. The molecule has 17 nitrogen and oxygen atoms in total. The highest BCUT2D eigenvalue weighted by atomic mass is 16.6. The number of hydrogen-bond donors (Lipinski definition) is 5. The number of fused-ring (bicyclic) bond motifs is 5. The quantitative estimate of drug-likeness (QED) is 0.195. The van der Waals surface area contributed by atoms with E-state index in [-0.39, 0.29) is 22.6 Å². The smallest absolute Gasteiger partial charge is 0.341 e. The molecule has 2 aromatic carbocycles. The molecule has 0 fully saturated rings. The maximum atomic E-state index is 14.6. The number of carbonyl (C=O) groups is 5. The third-order valence-electron chi connectivity index (χ3n) is 10.1. The number of Topliss-reactive ketones (excluding diaryl/α,β-unsaturated/α-hetero) is 4. The van der Waals surface area contributed by atoms with Gasteiger partial charge in [-0.05, 0) is 31.0 Å². The molecule has 276 valence electrons. The molecule has 0 bridgehead atoms. The molecule has 6 rings (SSSR count). The van der Waals surface area contributed by atoms with Crippen molar-refractivity contribution in [1.82, 2.24) is 5.48 Å². The van der Waals surface area contributed by atoms with Crippen molar-refractivity contribution < 1.29 is 72.9 Å². The summed E-state index contributed by atoms with van der Waals surface area (Å²) in [7, 11) is 6.08. The number of hydroxylamine groups is 1. The van der Waals surface area contributed by atoms with Crippen LogP contribution in [0.15, 0.2) is 28.6 Å². The lowest BCUT2D eigenvalue weighted by Crippen LogP contribution is -2.73. The molecule has 2 aromatic rings. The predicted molar refractivity (Wildman–Crippen MR) is 174 cm³/mol. The third kappa shape index (κ3) is 4.70. The van der Waals surface area contributed by atoms with E-state index in [0.717, 1.165) is 20.3 Å². The van der Waals surface area contributed by atoms with E-state index in [4.69, 9.17) is 28.5 Å². The van der Waals surface area contributed by atoms with Gasteiger partial charge in [0.15, 0.2) is 22.7 Å². The molecule has 1 aliphatic heterocycles. The number of phenolic OH excluding ortho intramolecular Hbond substituents is 2. The second kappa shape index (κ2) is 12.9. The summed E-state index contributed by atoms with van der Waals surface area (Å²) in [6.07, 6.45) is -5.71. The lowest BCUT2D eigenvalue weighted by Gasteiger charge is -2.52. The fraction of sp³-hybridized carbons (Fsp3) is 0.429. The Kier molecular flexibility index (Phi) is 9.09. The summed E-state index contributed by atoms with van der Waals surface area (Å²) in [5.74, 6) is -7.44. The van der Waals surface area contributed by atoms with Crippen LogP contribution in [-0.2, 0) is 40.5 Å². The van der Waals surface area contributed by atoms with Crippen LogP contribution in [0.2, 0.25) is 0 Å². The lowest BCUT2D eigenvalue weighted by atomic mass is 9.56. The number of benzene rings is 2. The number of aromatic hydroxyl groups is 2. The first-order chi connectivity index (χ1) is 24.6. The Morgan fingerprint density at radius 2 is 1.69 bits per heavy atom. The lowest BCUT2D eigenvalue weighted by molar-refractivity contribution is -0.181. The van der Waals surface area contributed by atoms with Crippen molar-refractivity contribution in [3.05, 3.63) is 68.1 Å². The molecule has 0 aromatic heterocycles. The molecular formula is C35H36N2O15. The number of ketones is 4. The molecule has 5 N–H and O–H groups in total. The average Bonchev–Trinajstić information content (AvgIpc) is 3.09. The molecule has 17 heteroatoms. The first kappa shape index (κ1) is 36.7. The van der Waals surface area contributed by atoms with E-state index in [1.165, 1.54) is 34.3 Å². The number of carbonyl (C=O) groups excluding carboxylic acids is 5. The minimum Gasteiger partial charge on any atom is -0.507 e. The summed E-state index contributed by atoms with van der Waals surface area (Å²) in [6, 6.07) is 2.20. The molecule has 52 heavy (non-hydrogen) atoms. The van der Waals surface area contributed by atoms with Crippen LogP contribution in [0.4, 0.5) is 0 Å². The molecule has 1 heterocycles. The maximum Gasteiger partial charge on any atom is 0.341 e. The van der Waals surface area contributed by atoms with Gasteiger partial charge in [-0.2, -0.15) is 0 Å². The summed E-state index contributed by atoms with van der Waals surface area (Å²) in [5, 5.41) is 46.9. The number of methoxy groups -OCH3 is 4. The minimum atomic E-state index is -3.23. The van der Waals surface area contributed by atoms with Crippen LogP contribution in [0, 0.1) is 6.92 Å². The fourth-order valence-electron chi connectivity index (χ4n) is 7.86. The number of aliphatic imine (C=N–C) groups is 1. The Morgan fingerprint density at radius 1 is 1.00 bits per heavy atom. The normalized spacial score (nSPS) is 29.0. The number of rotatable bonds is 7. The average molecular weight is 725 g/mol. The van der Waals surface area contributed by atoms with Crippen LogP contribution in [0.1, 0.15) is 81.8 Å². The van der Waals surface area contributed by atoms with Crippen molar-refractivity contribution in [2.45, 2.75) is 62.4 Å². The molecule has 0 amide bonds. The molecule has 0 spiro atoms. The van der Waals surface area contributed by atoms with Gasteiger partial charge in [-0.15, -0.1) is 0 Å². The Labute approximate surface area is 295 Å². The van der Waals surface area contributed by atoms with Gasteiger partial charge >= 0.3 is 5.97 Å². The van der Waals surface area contributed by atoms with Gasteiger partial charge < -0.3 is 44.1 Å². The van der Waals surface area contributed by atoms with Gasteiger partial charge in [-0.25, -0.2) is 9.79 Å². The van der Waals surface area contributed by atoms with Gasteiger partial charge in [0.05, 0.1) is 56.8 Å². The van der Waals surface area contributed by atoms with Crippen LogP contribution in [-0.4, -0.2) is 121 Å². The van der Waals surface area contributed by atoms with Crippen molar-refractivity contribution >= 4 is 34.8 Å². The van der Waals surface area contributed by atoms with Crippen molar-refractivity contribution in [3.8, 4) is 11.5 Å². The summed E-state index contributed by atoms with van der Waals surface area (Å²) in [5.41, 5.74) is -7.04. The van der Waals surface area contributed by atoms with E-state index >= 15 is 0 Å². The minimum absolute atomic E-state index is 0.000426. The van der Waals surface area contributed by atoms with Gasteiger partial charge in [0.25, 0.3) is 0 Å². The molecular weight excluding hydrogens is 688 g/mol. The third-order valence-corrected chi connectivity index (χ3v) is 10.1. The van der Waals surface area contributed by atoms with Crippen molar-refractivity contribution in [2.24, 2.45) is 4.99 Å². The van der Waals surface area contributed by atoms with Crippen LogP contribution in [0.5, 0.6) is 11.5 Å². The number of aliphatic hydroxyl groups excluding tert-OH is 1. The monoisotopic (exact) mass is 724 g/mol. The number of phenols is 2. The van der Waals surface area contributed by atoms with E-state index in [2.05, 4.69) is 10.5 Å². The SMILES string of the molecule is CONC1=C(OC)[C@@H](N=C2CC(=O)c3c(cc4c(c3O)C(=O)[C@]3(OC)[C@H](O)Cc5cc(C)c(C(=O)OC)c(O)c5[C@]3(O)C4=O)C2=O)O[C@@H](C)[C@@H]1OC. The molecule has 0 saturated heterocycles. The zero-order chi connectivity index (χ0) is 38.2. The van der Waals surface area contributed by atoms with Gasteiger partial charge in [-0.1, -0.05) is 6.07 Å². The van der Waals surface area contributed by atoms with E-state index in [0.29, 0.717) is 5.70 Å². The topological polar surface area (TPSA) is 246 Å². The number of ether oxygens (including phenoxy) is 5. The number of esters is 1. The van der Waals surface area contributed by atoms with Crippen molar-refractivity contribution in [3.63, 3.8) is 0 Å². The molecule has 0 unspecified atom stereocenters. The first-order valence-corrected chi connectivity index (χ1v) is 15.9. The molecule has 6 atom stereocenters. The number of aryl methyl sites for hydroxylation is 1. The summed E-state index contributed by atoms with van der Waals surface area (Å²) in [4.78, 5) is 79.0. The van der Waals surface area contributed by atoms with E-state index in [1.807, 2.05) is 0 Å². The van der Waals surface area contributed by atoms with Crippen molar-refractivity contribution in [1.29, 1.82) is 0 Å². The van der Waals surface area contributed by atoms with Gasteiger partial charge in [0, 0.05) is 37.3 Å². The van der Waals surface area contributed by atoms with Crippen LogP contribution < -0.4 is 5.48 Å². The van der Waals surface area contributed by atoms with Crippen molar-refractivity contribution in [2.75, 3.05) is 35.5 Å². The highest BCUT2D eigenvalue weighted by molar-refractivity contribution is 6.53. The Bertz CT molecular complexity index is 2040.